The number of benzene rings is 3. The number of aryl methyl sites for hydroxylation is 1. The Morgan fingerprint density at radius 2 is 1.57 bits per heavy atom. The Labute approximate surface area is 171 Å². The number of nitro groups is 1. The van der Waals surface area contributed by atoms with Gasteiger partial charge in [-0.1, -0.05) is 48.5 Å². The van der Waals surface area contributed by atoms with Crippen molar-refractivity contribution in [3.05, 3.63) is 105 Å². The fourth-order valence-corrected chi connectivity index (χ4v) is 3.01. The number of azo groups is 1. The molecule has 4 rings (SSSR count). The van der Waals surface area contributed by atoms with Crippen molar-refractivity contribution in [3.63, 3.8) is 0 Å². The van der Waals surface area contributed by atoms with Gasteiger partial charge in [-0.3, -0.25) is 20.0 Å². The van der Waals surface area contributed by atoms with E-state index in [1.807, 2.05) is 61.5 Å². The van der Waals surface area contributed by atoms with Crippen LogP contribution < -0.4 is 5.56 Å². The minimum absolute atomic E-state index is 0.0545. The molecule has 0 saturated carbocycles. The first-order valence-corrected chi connectivity index (χ1v) is 9.17. The lowest BCUT2D eigenvalue weighted by Gasteiger charge is -2.02. The standard InChI is InChI=1S/C22H17N5O3/c1-15-7-5-6-10-19(15)23-24-21-20(16-8-3-2-4-9-16)25-26(22(21)28)17-11-13-18(14-12-17)27(29)30/h2-14,25H,1H3. The summed E-state index contributed by atoms with van der Waals surface area (Å²) in [6.07, 6.45) is 0. The minimum atomic E-state index is -0.488. The molecule has 1 N–H and O–H groups in total. The van der Waals surface area contributed by atoms with E-state index >= 15 is 0 Å². The van der Waals surface area contributed by atoms with Crippen molar-refractivity contribution in [2.24, 2.45) is 10.2 Å². The summed E-state index contributed by atoms with van der Waals surface area (Å²) >= 11 is 0. The van der Waals surface area contributed by atoms with Crippen LogP contribution >= 0.6 is 0 Å². The van der Waals surface area contributed by atoms with Gasteiger partial charge in [0.05, 0.1) is 22.0 Å². The van der Waals surface area contributed by atoms with Crippen molar-refractivity contribution < 1.29 is 4.92 Å². The molecule has 0 fully saturated rings. The number of non-ortho nitro benzene ring substituents is 1. The van der Waals surface area contributed by atoms with Gasteiger partial charge < -0.3 is 0 Å². The maximum Gasteiger partial charge on any atom is 0.299 e. The van der Waals surface area contributed by atoms with E-state index in [2.05, 4.69) is 15.3 Å². The maximum absolute atomic E-state index is 13.1. The van der Waals surface area contributed by atoms with E-state index in [1.54, 1.807) is 0 Å². The number of nitrogens with zero attached hydrogens (tertiary/aromatic N) is 4. The maximum atomic E-state index is 13.1. The van der Waals surface area contributed by atoms with Crippen LogP contribution in [-0.4, -0.2) is 14.7 Å². The smallest absolute Gasteiger partial charge is 0.288 e. The van der Waals surface area contributed by atoms with Crippen molar-refractivity contribution in [3.8, 4) is 16.9 Å². The second-order valence-corrected chi connectivity index (χ2v) is 6.60. The topological polar surface area (TPSA) is 106 Å². The SMILES string of the molecule is Cc1ccccc1N=Nc1c(-c2ccccc2)[nH]n(-c2ccc([N+](=O)[O-])cc2)c1=O. The molecule has 0 saturated heterocycles. The van der Waals surface area contributed by atoms with E-state index in [-0.39, 0.29) is 11.4 Å². The average Bonchev–Trinajstić information content (AvgIpc) is 3.10. The zero-order valence-corrected chi connectivity index (χ0v) is 16.0. The Balaban J connectivity index is 1.85. The molecule has 1 aromatic heterocycles. The molecule has 0 unspecified atom stereocenters. The zero-order chi connectivity index (χ0) is 21.1. The monoisotopic (exact) mass is 399 g/mol. The zero-order valence-electron chi connectivity index (χ0n) is 16.0. The summed E-state index contributed by atoms with van der Waals surface area (Å²) in [5.41, 5.74) is 3.04. The number of nitro benzene ring substituents is 1. The molecule has 8 nitrogen and oxygen atoms in total. The summed E-state index contributed by atoms with van der Waals surface area (Å²) in [5, 5.41) is 22.5. The van der Waals surface area contributed by atoms with Crippen molar-refractivity contribution in [2.75, 3.05) is 0 Å². The molecule has 4 aromatic rings. The highest BCUT2D eigenvalue weighted by molar-refractivity contribution is 5.72. The molecule has 30 heavy (non-hydrogen) atoms. The van der Waals surface area contributed by atoms with E-state index < -0.39 is 10.5 Å². The van der Waals surface area contributed by atoms with Gasteiger partial charge in [0.1, 0.15) is 0 Å². The van der Waals surface area contributed by atoms with Crippen LogP contribution in [0.25, 0.3) is 16.9 Å². The Bertz CT molecular complexity index is 1290. The number of rotatable bonds is 5. The van der Waals surface area contributed by atoms with Crippen LogP contribution in [0.2, 0.25) is 0 Å². The van der Waals surface area contributed by atoms with Crippen LogP contribution in [0.15, 0.2) is 93.9 Å². The quantitative estimate of drug-likeness (QED) is 0.273. The molecular weight excluding hydrogens is 382 g/mol. The van der Waals surface area contributed by atoms with Crippen LogP contribution in [0.1, 0.15) is 5.56 Å². The number of hydrogen-bond acceptors (Lipinski definition) is 5. The predicted octanol–water partition coefficient (Wildman–Crippen LogP) is 5.46. The molecule has 0 aliphatic rings. The van der Waals surface area contributed by atoms with Crippen LogP contribution in [0, 0.1) is 17.0 Å². The summed E-state index contributed by atoms with van der Waals surface area (Å²) in [5.74, 6) is 0. The number of H-pyrrole nitrogens is 1. The molecule has 0 bridgehead atoms. The average molecular weight is 399 g/mol. The second kappa shape index (κ2) is 7.96. The number of nitrogens with one attached hydrogen (secondary N) is 1. The van der Waals surface area contributed by atoms with Gasteiger partial charge in [0.15, 0.2) is 5.69 Å². The molecule has 0 aliphatic carbocycles. The molecular formula is C22H17N5O3. The molecule has 3 aromatic carbocycles. The lowest BCUT2D eigenvalue weighted by molar-refractivity contribution is -0.384. The highest BCUT2D eigenvalue weighted by Gasteiger charge is 2.17. The highest BCUT2D eigenvalue weighted by atomic mass is 16.6. The first-order chi connectivity index (χ1) is 14.5. The molecule has 0 amide bonds. The van der Waals surface area contributed by atoms with Gasteiger partial charge in [-0.05, 0) is 30.7 Å². The highest BCUT2D eigenvalue weighted by Crippen LogP contribution is 2.29. The van der Waals surface area contributed by atoms with E-state index in [9.17, 15) is 14.9 Å². The van der Waals surface area contributed by atoms with Crippen LogP contribution in [0.4, 0.5) is 17.1 Å². The van der Waals surface area contributed by atoms with E-state index in [0.717, 1.165) is 11.1 Å². The first-order valence-electron chi connectivity index (χ1n) is 9.17. The van der Waals surface area contributed by atoms with E-state index in [0.29, 0.717) is 17.1 Å². The summed E-state index contributed by atoms with van der Waals surface area (Å²) in [7, 11) is 0. The van der Waals surface area contributed by atoms with E-state index in [4.69, 9.17) is 0 Å². The van der Waals surface area contributed by atoms with E-state index in [1.165, 1.54) is 28.9 Å². The van der Waals surface area contributed by atoms with Gasteiger partial charge in [0.2, 0.25) is 0 Å². The Morgan fingerprint density at radius 1 is 0.900 bits per heavy atom. The van der Waals surface area contributed by atoms with Crippen LogP contribution in [0.5, 0.6) is 0 Å². The van der Waals surface area contributed by atoms with Gasteiger partial charge in [0.25, 0.3) is 11.2 Å². The van der Waals surface area contributed by atoms with Gasteiger partial charge in [-0.25, -0.2) is 4.68 Å². The Morgan fingerprint density at radius 3 is 2.23 bits per heavy atom. The minimum Gasteiger partial charge on any atom is -0.288 e. The normalized spacial score (nSPS) is 11.1. The third kappa shape index (κ3) is 3.66. The molecule has 0 aliphatic heterocycles. The third-order valence-electron chi connectivity index (χ3n) is 4.62. The first kappa shape index (κ1) is 19.0. The Hall–Kier alpha value is -4.33. The predicted molar refractivity (Wildman–Crippen MR) is 114 cm³/mol. The second-order valence-electron chi connectivity index (χ2n) is 6.60. The largest absolute Gasteiger partial charge is 0.299 e. The van der Waals surface area contributed by atoms with Crippen molar-refractivity contribution in [2.45, 2.75) is 6.92 Å². The van der Waals surface area contributed by atoms with Crippen molar-refractivity contribution in [1.29, 1.82) is 0 Å². The van der Waals surface area contributed by atoms with Gasteiger partial charge in [-0.15, -0.1) is 5.11 Å². The molecule has 0 spiro atoms. The van der Waals surface area contributed by atoms with Crippen molar-refractivity contribution >= 4 is 17.1 Å². The molecule has 8 heteroatoms. The Kier molecular flexibility index (Phi) is 5.04. The summed E-state index contributed by atoms with van der Waals surface area (Å²) in [6.45, 7) is 1.92. The van der Waals surface area contributed by atoms with Gasteiger partial charge in [-0.2, -0.15) is 5.11 Å². The van der Waals surface area contributed by atoms with Crippen LogP contribution in [-0.2, 0) is 0 Å². The van der Waals surface area contributed by atoms with Gasteiger partial charge >= 0.3 is 0 Å². The van der Waals surface area contributed by atoms with Crippen molar-refractivity contribution in [1.82, 2.24) is 9.78 Å². The fourth-order valence-electron chi connectivity index (χ4n) is 3.01. The molecule has 0 radical (unpaired) electrons. The lowest BCUT2D eigenvalue weighted by atomic mass is 10.1. The third-order valence-corrected chi connectivity index (χ3v) is 4.62. The number of hydrogen-bond donors (Lipinski definition) is 1. The molecule has 1 heterocycles. The molecule has 148 valence electrons. The summed E-state index contributed by atoms with van der Waals surface area (Å²) < 4.78 is 1.30. The lowest BCUT2D eigenvalue weighted by Crippen LogP contribution is -2.13. The van der Waals surface area contributed by atoms with Crippen LogP contribution in [0.3, 0.4) is 0 Å². The molecule has 0 atom stereocenters. The number of aromatic nitrogens is 2. The number of aromatic amines is 1. The summed E-state index contributed by atoms with van der Waals surface area (Å²) in [4.78, 5) is 23.6. The summed E-state index contributed by atoms with van der Waals surface area (Å²) in [6, 6.07) is 22.5. The fraction of sp³-hybridized carbons (Fsp3) is 0.0455. The van der Waals surface area contributed by atoms with Gasteiger partial charge in [0, 0.05) is 17.7 Å².